The maximum Gasteiger partial charge on any atom is 0.166 e. The van der Waals surface area contributed by atoms with Gasteiger partial charge in [0, 0.05) is 10.2 Å². The minimum Gasteiger partial charge on any atom is -0.486 e. The lowest BCUT2D eigenvalue weighted by Gasteiger charge is -2.08. The van der Waals surface area contributed by atoms with E-state index >= 15 is 0 Å². The Labute approximate surface area is 107 Å². The lowest BCUT2D eigenvalue weighted by Crippen LogP contribution is -1.98. The molecule has 2 nitrogen and oxygen atoms in total. The number of nitrogen functional groups attached to an aromatic ring is 1. The van der Waals surface area contributed by atoms with Gasteiger partial charge in [0.25, 0.3) is 0 Å². The molecule has 88 valence electrons. The molecule has 0 aliphatic rings. The Morgan fingerprint density at radius 3 is 2.71 bits per heavy atom. The Morgan fingerprint density at radius 1 is 1.18 bits per heavy atom. The quantitative estimate of drug-likeness (QED) is 0.875. The molecule has 0 heterocycles. The Morgan fingerprint density at radius 2 is 2.00 bits per heavy atom. The molecule has 0 unspecified atom stereocenters. The van der Waals surface area contributed by atoms with Crippen molar-refractivity contribution in [2.24, 2.45) is 0 Å². The van der Waals surface area contributed by atoms with Crippen molar-refractivity contribution in [3.8, 4) is 5.75 Å². The summed E-state index contributed by atoms with van der Waals surface area (Å²) in [6.45, 7) is 0.295. The van der Waals surface area contributed by atoms with Gasteiger partial charge >= 0.3 is 0 Å². The van der Waals surface area contributed by atoms with Crippen molar-refractivity contribution in [3.05, 3.63) is 58.3 Å². The number of anilines is 1. The number of hydrogen-bond acceptors (Lipinski definition) is 2. The number of rotatable bonds is 3. The van der Waals surface area contributed by atoms with E-state index in [-0.39, 0.29) is 11.6 Å². The van der Waals surface area contributed by atoms with Crippen LogP contribution in [0.25, 0.3) is 0 Å². The average Bonchev–Trinajstić information content (AvgIpc) is 2.28. The second-order valence-corrected chi connectivity index (χ2v) is 4.52. The van der Waals surface area contributed by atoms with E-state index in [2.05, 4.69) is 15.9 Å². The van der Waals surface area contributed by atoms with Gasteiger partial charge in [0.15, 0.2) is 11.6 Å². The maximum atomic E-state index is 13.5. The topological polar surface area (TPSA) is 35.2 Å². The largest absolute Gasteiger partial charge is 0.486 e. The van der Waals surface area contributed by atoms with Crippen LogP contribution in [-0.4, -0.2) is 0 Å². The first-order chi connectivity index (χ1) is 8.15. The molecule has 0 aromatic heterocycles. The fourth-order valence-electron chi connectivity index (χ4n) is 1.44. The van der Waals surface area contributed by atoms with E-state index in [1.807, 2.05) is 12.1 Å². The van der Waals surface area contributed by atoms with Crippen LogP contribution in [0.1, 0.15) is 5.56 Å². The fraction of sp³-hybridized carbons (Fsp3) is 0.0769. The standard InChI is InChI=1S/C13H11BrFNO/c14-10-4-5-13(12(15)7-10)17-8-9-2-1-3-11(16)6-9/h1-7H,8,16H2. The average molecular weight is 296 g/mol. The molecule has 0 fully saturated rings. The molecule has 2 rings (SSSR count). The van der Waals surface area contributed by atoms with E-state index in [4.69, 9.17) is 10.5 Å². The van der Waals surface area contributed by atoms with Gasteiger partial charge in [-0.25, -0.2) is 4.39 Å². The molecule has 0 aliphatic carbocycles. The summed E-state index contributed by atoms with van der Waals surface area (Å²) >= 11 is 3.19. The summed E-state index contributed by atoms with van der Waals surface area (Å²) in [5.74, 6) is -0.154. The first-order valence-electron chi connectivity index (χ1n) is 5.07. The summed E-state index contributed by atoms with van der Waals surface area (Å²) in [7, 11) is 0. The van der Waals surface area contributed by atoms with E-state index in [0.29, 0.717) is 16.8 Å². The molecule has 0 radical (unpaired) electrons. The SMILES string of the molecule is Nc1cccc(COc2ccc(Br)cc2F)c1. The fourth-order valence-corrected chi connectivity index (χ4v) is 1.77. The van der Waals surface area contributed by atoms with E-state index in [9.17, 15) is 4.39 Å². The first-order valence-corrected chi connectivity index (χ1v) is 5.87. The van der Waals surface area contributed by atoms with Crippen molar-refractivity contribution in [1.29, 1.82) is 0 Å². The van der Waals surface area contributed by atoms with Crippen LogP contribution >= 0.6 is 15.9 Å². The number of benzene rings is 2. The monoisotopic (exact) mass is 295 g/mol. The van der Waals surface area contributed by atoms with Gasteiger partial charge in [-0.05, 0) is 35.9 Å². The minimum atomic E-state index is -0.386. The molecule has 0 atom stereocenters. The maximum absolute atomic E-state index is 13.5. The summed E-state index contributed by atoms with van der Waals surface area (Å²) in [5.41, 5.74) is 7.22. The second-order valence-electron chi connectivity index (χ2n) is 3.61. The molecule has 0 spiro atoms. The van der Waals surface area contributed by atoms with Gasteiger partial charge in [-0.3, -0.25) is 0 Å². The number of hydrogen-bond donors (Lipinski definition) is 1. The third kappa shape index (κ3) is 3.20. The van der Waals surface area contributed by atoms with Crippen LogP contribution < -0.4 is 10.5 Å². The Balaban J connectivity index is 2.07. The summed E-state index contributed by atoms with van der Waals surface area (Å²) in [6, 6.07) is 12.0. The third-order valence-electron chi connectivity index (χ3n) is 2.24. The normalized spacial score (nSPS) is 10.2. The Kier molecular flexibility index (Phi) is 3.64. The van der Waals surface area contributed by atoms with Crippen LogP contribution in [-0.2, 0) is 6.61 Å². The van der Waals surface area contributed by atoms with E-state index < -0.39 is 0 Å². The highest BCUT2D eigenvalue weighted by atomic mass is 79.9. The molecule has 0 saturated carbocycles. The molecule has 0 saturated heterocycles. The molecular formula is C13H11BrFNO. The van der Waals surface area contributed by atoms with Gasteiger partial charge in [0.2, 0.25) is 0 Å². The van der Waals surface area contributed by atoms with Gasteiger partial charge in [-0.15, -0.1) is 0 Å². The predicted octanol–water partition coefficient (Wildman–Crippen LogP) is 3.75. The molecule has 2 aromatic carbocycles. The zero-order valence-electron chi connectivity index (χ0n) is 8.99. The van der Waals surface area contributed by atoms with Crippen molar-refractivity contribution in [2.75, 3.05) is 5.73 Å². The minimum absolute atomic E-state index is 0.232. The third-order valence-corrected chi connectivity index (χ3v) is 2.73. The lowest BCUT2D eigenvalue weighted by atomic mass is 10.2. The molecule has 17 heavy (non-hydrogen) atoms. The zero-order chi connectivity index (χ0) is 12.3. The highest BCUT2D eigenvalue weighted by molar-refractivity contribution is 9.10. The number of ether oxygens (including phenoxy) is 1. The van der Waals surface area contributed by atoms with Gasteiger partial charge in [-0.2, -0.15) is 0 Å². The number of nitrogens with two attached hydrogens (primary N) is 1. The highest BCUT2D eigenvalue weighted by Gasteiger charge is 2.04. The lowest BCUT2D eigenvalue weighted by molar-refractivity contribution is 0.290. The van der Waals surface area contributed by atoms with Crippen LogP contribution in [0.15, 0.2) is 46.9 Å². The Bertz CT molecular complexity index is 531. The van der Waals surface area contributed by atoms with Gasteiger partial charge < -0.3 is 10.5 Å². The number of halogens is 2. The molecule has 4 heteroatoms. The first kappa shape index (κ1) is 11.9. The van der Waals surface area contributed by atoms with E-state index in [1.54, 1.807) is 24.3 Å². The second kappa shape index (κ2) is 5.19. The van der Waals surface area contributed by atoms with Crippen LogP contribution in [0.5, 0.6) is 5.75 Å². The molecule has 2 aromatic rings. The summed E-state index contributed by atoms with van der Waals surface area (Å²) in [5, 5.41) is 0. The molecule has 0 bridgehead atoms. The van der Waals surface area contributed by atoms with Crippen LogP contribution in [0.3, 0.4) is 0 Å². The van der Waals surface area contributed by atoms with Crippen LogP contribution in [0.2, 0.25) is 0 Å². The molecule has 0 aliphatic heterocycles. The molecular weight excluding hydrogens is 285 g/mol. The zero-order valence-corrected chi connectivity index (χ0v) is 10.6. The summed E-state index contributed by atoms with van der Waals surface area (Å²) < 4.78 is 19.5. The smallest absolute Gasteiger partial charge is 0.166 e. The summed E-state index contributed by atoms with van der Waals surface area (Å²) in [6.07, 6.45) is 0. The molecule has 2 N–H and O–H groups in total. The van der Waals surface area contributed by atoms with E-state index in [1.165, 1.54) is 6.07 Å². The molecule has 0 amide bonds. The van der Waals surface area contributed by atoms with Crippen molar-refractivity contribution >= 4 is 21.6 Å². The van der Waals surface area contributed by atoms with Gasteiger partial charge in [0.05, 0.1) is 0 Å². The van der Waals surface area contributed by atoms with Gasteiger partial charge in [-0.1, -0.05) is 28.1 Å². The van der Waals surface area contributed by atoms with Crippen LogP contribution in [0, 0.1) is 5.82 Å². The highest BCUT2D eigenvalue weighted by Crippen LogP contribution is 2.22. The van der Waals surface area contributed by atoms with Crippen molar-refractivity contribution in [3.63, 3.8) is 0 Å². The van der Waals surface area contributed by atoms with Crippen LogP contribution in [0.4, 0.5) is 10.1 Å². The Hall–Kier alpha value is -1.55. The summed E-state index contributed by atoms with van der Waals surface area (Å²) in [4.78, 5) is 0. The van der Waals surface area contributed by atoms with Crippen molar-refractivity contribution < 1.29 is 9.13 Å². The van der Waals surface area contributed by atoms with Gasteiger partial charge in [0.1, 0.15) is 6.61 Å². The van der Waals surface area contributed by atoms with E-state index in [0.717, 1.165) is 5.56 Å². The van der Waals surface area contributed by atoms with Crippen molar-refractivity contribution in [1.82, 2.24) is 0 Å². The predicted molar refractivity (Wildman–Crippen MR) is 69.3 cm³/mol. The van der Waals surface area contributed by atoms with Crippen molar-refractivity contribution in [2.45, 2.75) is 6.61 Å².